The van der Waals surface area contributed by atoms with Gasteiger partial charge >= 0.3 is 0 Å². The second-order valence-corrected chi connectivity index (χ2v) is 4.71. The van der Waals surface area contributed by atoms with Crippen molar-refractivity contribution < 1.29 is 9.18 Å². The number of carbonyl (C=O) groups is 1. The van der Waals surface area contributed by atoms with Crippen molar-refractivity contribution in [3.05, 3.63) is 58.6 Å². The minimum atomic E-state index is -0.535. The van der Waals surface area contributed by atoms with Crippen molar-refractivity contribution in [1.82, 2.24) is 4.98 Å². The number of rotatable bonds is 3. The number of carbonyl (C=O) groups excluding carboxylic acids is 1. The SMILES string of the molecule is CCN(C(=O)c1c(F)cccc1Br)c1ccncc1. The lowest BCUT2D eigenvalue weighted by molar-refractivity contribution is 0.0983. The predicted molar refractivity (Wildman–Crippen MR) is 75.7 cm³/mol. The molecule has 19 heavy (non-hydrogen) atoms. The fraction of sp³-hybridized carbons (Fsp3) is 0.143. The van der Waals surface area contributed by atoms with Crippen molar-refractivity contribution in [3.63, 3.8) is 0 Å². The summed E-state index contributed by atoms with van der Waals surface area (Å²) in [5.41, 5.74) is 0.735. The third-order valence-corrected chi connectivity index (χ3v) is 3.37. The molecule has 0 unspecified atom stereocenters. The molecule has 0 aliphatic carbocycles. The summed E-state index contributed by atoms with van der Waals surface area (Å²) in [5, 5.41) is 0. The van der Waals surface area contributed by atoms with Crippen molar-refractivity contribution in [2.45, 2.75) is 6.92 Å². The maximum absolute atomic E-state index is 13.8. The number of hydrogen-bond acceptors (Lipinski definition) is 2. The largest absolute Gasteiger partial charge is 0.308 e. The van der Waals surface area contributed by atoms with Gasteiger partial charge in [-0.1, -0.05) is 6.07 Å². The Hall–Kier alpha value is -1.75. The first-order valence-corrected chi connectivity index (χ1v) is 6.60. The molecular weight excluding hydrogens is 311 g/mol. The highest BCUT2D eigenvalue weighted by atomic mass is 79.9. The van der Waals surface area contributed by atoms with Crippen LogP contribution in [0.15, 0.2) is 47.2 Å². The van der Waals surface area contributed by atoms with Crippen LogP contribution in [0.25, 0.3) is 0 Å². The number of aromatic nitrogens is 1. The van der Waals surface area contributed by atoms with Crippen LogP contribution >= 0.6 is 15.9 Å². The Labute approximate surface area is 119 Å². The third-order valence-electron chi connectivity index (χ3n) is 2.71. The van der Waals surface area contributed by atoms with Crippen LogP contribution in [0.5, 0.6) is 0 Å². The molecule has 0 saturated heterocycles. The quantitative estimate of drug-likeness (QED) is 0.864. The lowest BCUT2D eigenvalue weighted by Crippen LogP contribution is -2.31. The minimum Gasteiger partial charge on any atom is -0.308 e. The van der Waals surface area contributed by atoms with Gasteiger partial charge in [0, 0.05) is 29.1 Å². The zero-order valence-electron chi connectivity index (χ0n) is 10.3. The van der Waals surface area contributed by atoms with Crippen LogP contribution in [-0.2, 0) is 0 Å². The van der Waals surface area contributed by atoms with Crippen LogP contribution in [0.4, 0.5) is 10.1 Å². The number of anilines is 1. The summed E-state index contributed by atoms with van der Waals surface area (Å²) in [6.07, 6.45) is 3.20. The van der Waals surface area contributed by atoms with Gasteiger partial charge in [0.1, 0.15) is 5.82 Å². The number of amides is 1. The van der Waals surface area contributed by atoms with Crippen LogP contribution in [0, 0.1) is 5.82 Å². The molecule has 0 radical (unpaired) electrons. The molecule has 1 amide bonds. The van der Waals surface area contributed by atoms with Crippen LogP contribution in [0.1, 0.15) is 17.3 Å². The molecule has 98 valence electrons. The smallest absolute Gasteiger partial charge is 0.262 e. The fourth-order valence-corrected chi connectivity index (χ4v) is 2.32. The predicted octanol–water partition coefficient (Wildman–Crippen LogP) is 3.65. The van der Waals surface area contributed by atoms with Gasteiger partial charge in [0.15, 0.2) is 0 Å². The molecule has 0 fully saturated rings. The van der Waals surface area contributed by atoms with Crippen LogP contribution in [0.3, 0.4) is 0 Å². The summed E-state index contributed by atoms with van der Waals surface area (Å²) in [7, 11) is 0. The highest BCUT2D eigenvalue weighted by molar-refractivity contribution is 9.10. The molecule has 0 bridgehead atoms. The molecule has 0 spiro atoms. The molecule has 0 aliphatic heterocycles. The van der Waals surface area contributed by atoms with Crippen molar-refractivity contribution in [1.29, 1.82) is 0 Å². The number of pyridine rings is 1. The fourth-order valence-electron chi connectivity index (χ4n) is 1.80. The highest BCUT2D eigenvalue weighted by Gasteiger charge is 2.21. The maximum Gasteiger partial charge on any atom is 0.262 e. The molecule has 2 aromatic rings. The minimum absolute atomic E-state index is 0.0427. The molecular formula is C14H12BrFN2O. The average molecular weight is 323 g/mol. The summed E-state index contributed by atoms with van der Waals surface area (Å²) in [6, 6.07) is 7.92. The lowest BCUT2D eigenvalue weighted by atomic mass is 10.1. The average Bonchev–Trinajstić information content (AvgIpc) is 2.40. The molecule has 0 N–H and O–H groups in total. The molecule has 1 heterocycles. The summed E-state index contributed by atoms with van der Waals surface area (Å²) >= 11 is 3.22. The zero-order chi connectivity index (χ0) is 13.8. The van der Waals surface area contributed by atoms with E-state index in [1.165, 1.54) is 11.0 Å². The molecule has 1 aromatic carbocycles. The number of nitrogens with zero attached hydrogens (tertiary/aromatic N) is 2. The topological polar surface area (TPSA) is 33.2 Å². The van der Waals surface area contributed by atoms with E-state index in [0.717, 1.165) is 0 Å². The molecule has 3 nitrogen and oxygen atoms in total. The van der Waals surface area contributed by atoms with E-state index in [9.17, 15) is 9.18 Å². The Morgan fingerprint density at radius 2 is 2.00 bits per heavy atom. The number of benzene rings is 1. The summed E-state index contributed by atoms with van der Waals surface area (Å²) in [6.45, 7) is 2.29. The van der Waals surface area contributed by atoms with Gasteiger partial charge in [0.05, 0.1) is 5.56 Å². The van der Waals surface area contributed by atoms with Gasteiger partial charge in [-0.2, -0.15) is 0 Å². The second kappa shape index (κ2) is 5.93. The Bertz CT molecular complexity index is 569. The lowest BCUT2D eigenvalue weighted by Gasteiger charge is -2.21. The van der Waals surface area contributed by atoms with E-state index in [2.05, 4.69) is 20.9 Å². The van der Waals surface area contributed by atoms with E-state index in [0.29, 0.717) is 16.7 Å². The zero-order valence-corrected chi connectivity index (χ0v) is 11.9. The van der Waals surface area contributed by atoms with E-state index in [1.807, 2.05) is 6.92 Å². The second-order valence-electron chi connectivity index (χ2n) is 3.85. The Morgan fingerprint density at radius 1 is 1.32 bits per heavy atom. The van der Waals surface area contributed by atoms with Crippen molar-refractivity contribution in [2.24, 2.45) is 0 Å². The van der Waals surface area contributed by atoms with Gasteiger partial charge in [-0.15, -0.1) is 0 Å². The standard InChI is InChI=1S/C14H12BrFN2O/c1-2-18(10-6-8-17-9-7-10)14(19)13-11(15)4-3-5-12(13)16/h3-9H,2H2,1H3. The molecule has 5 heteroatoms. The van der Waals surface area contributed by atoms with Crippen LogP contribution in [0.2, 0.25) is 0 Å². The molecule has 0 atom stereocenters. The van der Waals surface area contributed by atoms with Gasteiger partial charge < -0.3 is 4.90 Å². The van der Waals surface area contributed by atoms with E-state index >= 15 is 0 Å². The Kier molecular flexibility index (Phi) is 4.27. The highest BCUT2D eigenvalue weighted by Crippen LogP contribution is 2.24. The van der Waals surface area contributed by atoms with Crippen molar-refractivity contribution >= 4 is 27.5 Å². The van der Waals surface area contributed by atoms with Gasteiger partial charge in [0.25, 0.3) is 5.91 Å². The van der Waals surface area contributed by atoms with E-state index in [1.54, 1.807) is 36.7 Å². The molecule has 2 rings (SSSR count). The van der Waals surface area contributed by atoms with Crippen molar-refractivity contribution in [2.75, 3.05) is 11.4 Å². The Morgan fingerprint density at radius 3 is 2.58 bits per heavy atom. The first-order chi connectivity index (χ1) is 9.15. The summed E-state index contributed by atoms with van der Waals surface area (Å²) in [5.74, 6) is -0.912. The summed E-state index contributed by atoms with van der Waals surface area (Å²) < 4.78 is 14.3. The first kappa shape index (κ1) is 13.7. The van der Waals surface area contributed by atoms with Crippen molar-refractivity contribution in [3.8, 4) is 0 Å². The normalized spacial score (nSPS) is 10.3. The van der Waals surface area contributed by atoms with Crippen LogP contribution in [-0.4, -0.2) is 17.4 Å². The number of hydrogen-bond donors (Lipinski definition) is 0. The molecule has 0 saturated carbocycles. The maximum atomic E-state index is 13.8. The third kappa shape index (κ3) is 2.81. The van der Waals surface area contributed by atoms with E-state index in [4.69, 9.17) is 0 Å². The monoisotopic (exact) mass is 322 g/mol. The summed E-state index contributed by atoms with van der Waals surface area (Å²) in [4.78, 5) is 17.9. The van der Waals surface area contributed by atoms with Gasteiger partial charge in [-0.3, -0.25) is 9.78 Å². The van der Waals surface area contributed by atoms with Crippen LogP contribution < -0.4 is 4.90 Å². The molecule has 0 aliphatic rings. The van der Waals surface area contributed by atoms with E-state index < -0.39 is 5.82 Å². The van der Waals surface area contributed by atoms with Gasteiger partial charge in [0.2, 0.25) is 0 Å². The first-order valence-electron chi connectivity index (χ1n) is 5.81. The number of halogens is 2. The van der Waals surface area contributed by atoms with E-state index in [-0.39, 0.29) is 11.5 Å². The Balaban J connectivity index is 2.42. The van der Waals surface area contributed by atoms with Gasteiger partial charge in [-0.05, 0) is 47.1 Å². The molecule has 1 aromatic heterocycles. The van der Waals surface area contributed by atoms with Gasteiger partial charge in [-0.25, -0.2) is 4.39 Å².